The molecule has 0 aromatic carbocycles. The number of hydrogen-bond donors (Lipinski definition) is 3. The van der Waals surface area contributed by atoms with Crippen LogP contribution in [0.25, 0.3) is 0 Å². The predicted octanol–water partition coefficient (Wildman–Crippen LogP) is 0.604. The lowest BCUT2D eigenvalue weighted by Crippen LogP contribution is -2.43. The minimum Gasteiger partial charge on any atom is -0.481 e. The molecule has 8 nitrogen and oxygen atoms in total. The van der Waals surface area contributed by atoms with Crippen LogP contribution in [-0.2, 0) is 23.9 Å². The van der Waals surface area contributed by atoms with Gasteiger partial charge in [0.05, 0.1) is 12.8 Å². The van der Waals surface area contributed by atoms with Gasteiger partial charge in [-0.15, -0.1) is 0 Å². The topological polar surface area (TPSA) is 138 Å². The van der Waals surface area contributed by atoms with Gasteiger partial charge in [0, 0.05) is 0 Å². The minimum atomic E-state index is -2.76. The number of rotatable bonds is 10. The maximum atomic E-state index is 11.7. The fourth-order valence-corrected chi connectivity index (χ4v) is 1.73. The fourth-order valence-electron chi connectivity index (χ4n) is 1.73. The van der Waals surface area contributed by atoms with Crippen LogP contribution in [0.15, 0.2) is 0 Å². The summed E-state index contributed by atoms with van der Waals surface area (Å²) < 4.78 is 4.89. The Balaban J connectivity index is 4.82. The Morgan fingerprint density at radius 3 is 1.95 bits per heavy atom. The van der Waals surface area contributed by atoms with Gasteiger partial charge in [-0.1, -0.05) is 13.8 Å². The molecule has 2 unspecified atom stereocenters. The van der Waals surface area contributed by atoms with Gasteiger partial charge in [0.25, 0.3) is 0 Å². The molecule has 126 valence electrons. The summed E-state index contributed by atoms with van der Waals surface area (Å²) in [4.78, 5) is 44.7. The molecule has 22 heavy (non-hydrogen) atoms. The second kappa shape index (κ2) is 8.47. The van der Waals surface area contributed by atoms with Gasteiger partial charge in [0.1, 0.15) is 0 Å². The first-order chi connectivity index (χ1) is 9.97. The van der Waals surface area contributed by atoms with E-state index >= 15 is 0 Å². The molecule has 0 amide bonds. The molecule has 0 bridgehead atoms. The van der Waals surface area contributed by atoms with Crippen LogP contribution in [0, 0.1) is 5.92 Å². The van der Waals surface area contributed by atoms with E-state index in [1.807, 2.05) is 13.8 Å². The van der Waals surface area contributed by atoms with E-state index in [-0.39, 0.29) is 12.3 Å². The van der Waals surface area contributed by atoms with Gasteiger partial charge in [0.2, 0.25) is 0 Å². The van der Waals surface area contributed by atoms with Crippen molar-refractivity contribution in [1.82, 2.24) is 0 Å². The van der Waals surface area contributed by atoms with Crippen molar-refractivity contribution in [3.05, 3.63) is 0 Å². The van der Waals surface area contributed by atoms with Crippen molar-refractivity contribution in [2.24, 2.45) is 5.92 Å². The molecule has 0 spiro atoms. The Bertz CT molecular complexity index is 442. The molecule has 0 saturated heterocycles. The number of Topliss-reactive ketones (excluding diaryl/α,β-unsaturated/α-hetero) is 1. The molecule has 2 atom stereocenters. The van der Waals surface area contributed by atoms with Crippen LogP contribution >= 0.6 is 0 Å². The van der Waals surface area contributed by atoms with Gasteiger partial charge in [0.15, 0.2) is 17.5 Å². The summed E-state index contributed by atoms with van der Waals surface area (Å²) in [6.07, 6.45) is -2.31. The number of esters is 1. The molecule has 0 saturated carbocycles. The summed E-state index contributed by atoms with van der Waals surface area (Å²) in [6.45, 7) is 5.09. The second-order valence-electron chi connectivity index (χ2n) is 5.64. The molecule has 3 N–H and O–H groups in total. The van der Waals surface area contributed by atoms with E-state index in [4.69, 9.17) is 14.9 Å². The summed E-state index contributed by atoms with van der Waals surface area (Å²) in [5, 5.41) is 27.2. The molecule has 0 radical (unpaired) electrons. The Labute approximate surface area is 128 Å². The van der Waals surface area contributed by atoms with Crippen molar-refractivity contribution in [2.75, 3.05) is 0 Å². The van der Waals surface area contributed by atoms with Gasteiger partial charge in [-0.2, -0.15) is 0 Å². The van der Waals surface area contributed by atoms with Gasteiger partial charge >= 0.3 is 17.9 Å². The maximum Gasteiger partial charge on any atom is 0.336 e. The third-order valence-corrected chi connectivity index (χ3v) is 3.01. The zero-order valence-corrected chi connectivity index (χ0v) is 12.9. The van der Waals surface area contributed by atoms with Crippen LogP contribution in [0.4, 0.5) is 0 Å². The molecular formula is C14H22O8. The zero-order chi connectivity index (χ0) is 17.5. The van der Waals surface area contributed by atoms with Gasteiger partial charge in [-0.3, -0.25) is 14.4 Å². The van der Waals surface area contributed by atoms with Crippen molar-refractivity contribution in [3.63, 3.8) is 0 Å². The van der Waals surface area contributed by atoms with Crippen LogP contribution in [0.2, 0.25) is 0 Å². The normalized spacial score (nSPS) is 15.0. The Morgan fingerprint density at radius 1 is 1.05 bits per heavy atom. The molecule has 8 heteroatoms. The summed E-state index contributed by atoms with van der Waals surface area (Å²) in [5.74, 6) is -4.65. The maximum absolute atomic E-state index is 11.7. The van der Waals surface area contributed by atoms with Crippen LogP contribution in [-0.4, -0.2) is 50.7 Å². The highest BCUT2D eigenvalue weighted by Crippen LogP contribution is 2.19. The average Bonchev–Trinajstić information content (AvgIpc) is 2.32. The SMILES string of the molecule is CC(=O)C(CCC(C)C)OC(=O)CC(O)(CC(=O)O)C(=O)O. The Morgan fingerprint density at radius 2 is 1.59 bits per heavy atom. The third kappa shape index (κ3) is 7.16. The van der Waals surface area contributed by atoms with E-state index in [9.17, 15) is 24.3 Å². The van der Waals surface area contributed by atoms with Crippen molar-refractivity contribution in [3.8, 4) is 0 Å². The fraction of sp³-hybridized carbons (Fsp3) is 0.714. The van der Waals surface area contributed by atoms with Crippen molar-refractivity contribution in [1.29, 1.82) is 0 Å². The van der Waals surface area contributed by atoms with E-state index in [1.54, 1.807) is 0 Å². The summed E-state index contributed by atoms with van der Waals surface area (Å²) in [6, 6.07) is 0. The van der Waals surface area contributed by atoms with E-state index in [2.05, 4.69) is 0 Å². The number of ether oxygens (including phenoxy) is 1. The van der Waals surface area contributed by atoms with Crippen LogP contribution in [0.3, 0.4) is 0 Å². The molecule has 0 aliphatic carbocycles. The van der Waals surface area contributed by atoms with E-state index in [0.717, 1.165) is 0 Å². The molecule has 0 aromatic rings. The lowest BCUT2D eigenvalue weighted by molar-refractivity contribution is -0.174. The predicted molar refractivity (Wildman–Crippen MR) is 74.1 cm³/mol. The highest BCUT2D eigenvalue weighted by molar-refractivity contribution is 5.89. The number of carbonyl (C=O) groups is 4. The number of carboxylic acids is 2. The highest BCUT2D eigenvalue weighted by atomic mass is 16.5. The smallest absolute Gasteiger partial charge is 0.336 e. The molecule has 0 heterocycles. The quantitative estimate of drug-likeness (QED) is 0.498. The standard InChI is InChI=1S/C14H22O8/c1-8(2)4-5-10(9(3)15)22-12(18)7-14(21,13(19)20)6-11(16)17/h8,10,21H,4-7H2,1-3H3,(H,16,17)(H,19,20). The van der Waals surface area contributed by atoms with E-state index in [0.29, 0.717) is 6.42 Å². The minimum absolute atomic E-state index is 0.281. The van der Waals surface area contributed by atoms with E-state index < -0.39 is 48.2 Å². The number of carbonyl (C=O) groups excluding carboxylic acids is 2. The number of aliphatic carboxylic acids is 2. The van der Waals surface area contributed by atoms with Crippen molar-refractivity contribution in [2.45, 2.75) is 58.2 Å². The molecule has 0 fully saturated rings. The number of carboxylic acid groups (broad SMARTS) is 2. The molecule has 0 aliphatic rings. The summed E-state index contributed by atoms with van der Waals surface area (Å²) >= 11 is 0. The van der Waals surface area contributed by atoms with E-state index in [1.165, 1.54) is 6.92 Å². The largest absolute Gasteiger partial charge is 0.481 e. The van der Waals surface area contributed by atoms with Crippen LogP contribution in [0.1, 0.15) is 46.5 Å². The molecule has 0 rings (SSSR count). The first-order valence-electron chi connectivity index (χ1n) is 6.85. The van der Waals surface area contributed by atoms with Crippen molar-refractivity contribution >= 4 is 23.7 Å². The van der Waals surface area contributed by atoms with Gasteiger partial charge in [-0.05, 0) is 25.7 Å². The number of hydrogen-bond acceptors (Lipinski definition) is 6. The first kappa shape index (κ1) is 20.0. The van der Waals surface area contributed by atoms with Crippen LogP contribution < -0.4 is 0 Å². The number of ketones is 1. The van der Waals surface area contributed by atoms with Crippen LogP contribution in [0.5, 0.6) is 0 Å². The molecule has 0 aliphatic heterocycles. The number of aliphatic hydroxyl groups is 1. The van der Waals surface area contributed by atoms with Crippen molar-refractivity contribution < 1.29 is 39.2 Å². The lowest BCUT2D eigenvalue weighted by Gasteiger charge is -2.22. The third-order valence-electron chi connectivity index (χ3n) is 3.01. The summed E-state index contributed by atoms with van der Waals surface area (Å²) in [7, 11) is 0. The zero-order valence-electron chi connectivity index (χ0n) is 12.9. The molecule has 0 aromatic heterocycles. The summed E-state index contributed by atoms with van der Waals surface area (Å²) in [5.41, 5.74) is -2.76. The lowest BCUT2D eigenvalue weighted by atomic mass is 9.95. The van der Waals surface area contributed by atoms with Gasteiger partial charge in [-0.25, -0.2) is 4.79 Å². The van der Waals surface area contributed by atoms with Gasteiger partial charge < -0.3 is 20.1 Å². The average molecular weight is 318 g/mol. The Hall–Kier alpha value is -1.96. The Kier molecular flexibility index (Phi) is 7.72. The highest BCUT2D eigenvalue weighted by Gasteiger charge is 2.42. The first-order valence-corrected chi connectivity index (χ1v) is 6.85. The monoisotopic (exact) mass is 318 g/mol. The second-order valence-corrected chi connectivity index (χ2v) is 5.64. The molecular weight excluding hydrogens is 296 g/mol.